The second kappa shape index (κ2) is 9.68. The van der Waals surface area contributed by atoms with Gasteiger partial charge in [-0.1, -0.05) is 30.3 Å². The van der Waals surface area contributed by atoms with Crippen LogP contribution >= 0.6 is 0 Å². The van der Waals surface area contributed by atoms with Crippen LogP contribution in [-0.4, -0.2) is 64.9 Å². The lowest BCUT2D eigenvalue weighted by Gasteiger charge is -2.39. The quantitative estimate of drug-likeness (QED) is 0.498. The zero-order valence-electron chi connectivity index (χ0n) is 20.8. The van der Waals surface area contributed by atoms with Gasteiger partial charge in [-0.2, -0.15) is 0 Å². The molecule has 0 spiro atoms. The molecule has 0 radical (unpaired) electrons. The lowest BCUT2D eigenvalue weighted by molar-refractivity contribution is -0.135. The summed E-state index contributed by atoms with van der Waals surface area (Å²) in [6.07, 6.45) is 4.19. The van der Waals surface area contributed by atoms with Crippen LogP contribution in [0.1, 0.15) is 30.9 Å². The molecule has 2 aromatic carbocycles. The predicted molar refractivity (Wildman–Crippen MR) is 137 cm³/mol. The molecular formula is C28H32N4O4. The van der Waals surface area contributed by atoms with Crippen LogP contribution in [0, 0.1) is 5.92 Å². The van der Waals surface area contributed by atoms with Gasteiger partial charge in [-0.15, -0.1) is 0 Å². The highest BCUT2D eigenvalue weighted by molar-refractivity contribution is 6.07. The normalized spacial score (nSPS) is 20.7. The van der Waals surface area contributed by atoms with Crippen LogP contribution < -0.4 is 10.1 Å². The third-order valence-electron chi connectivity index (χ3n) is 7.77. The molecule has 36 heavy (non-hydrogen) atoms. The van der Waals surface area contributed by atoms with Crippen LogP contribution in [0.25, 0.3) is 10.9 Å². The van der Waals surface area contributed by atoms with E-state index < -0.39 is 5.54 Å². The number of aromatic nitrogens is 1. The first-order chi connectivity index (χ1) is 17.4. The zero-order chi connectivity index (χ0) is 25.3. The number of hydrogen-bond donors (Lipinski definition) is 2. The second-order valence-electron chi connectivity index (χ2n) is 9.88. The van der Waals surface area contributed by atoms with Gasteiger partial charge in [-0.25, -0.2) is 4.79 Å². The molecule has 4 amide bonds. The van der Waals surface area contributed by atoms with Crippen molar-refractivity contribution in [2.24, 2.45) is 5.92 Å². The molecule has 2 saturated heterocycles. The maximum atomic E-state index is 13.3. The zero-order valence-corrected chi connectivity index (χ0v) is 20.8. The molecule has 2 fully saturated rings. The number of para-hydroxylation sites is 1. The molecule has 2 N–H and O–H groups in total. The number of benzene rings is 2. The highest BCUT2D eigenvalue weighted by atomic mass is 16.5. The Labute approximate surface area is 210 Å². The number of ether oxygens (including phenoxy) is 1. The third-order valence-corrected chi connectivity index (χ3v) is 7.77. The maximum Gasteiger partial charge on any atom is 0.325 e. The molecule has 8 heteroatoms. The number of methoxy groups -OCH3 is 1. The fourth-order valence-electron chi connectivity index (χ4n) is 5.49. The van der Waals surface area contributed by atoms with Gasteiger partial charge < -0.3 is 19.9 Å². The van der Waals surface area contributed by atoms with Gasteiger partial charge in [-0.3, -0.25) is 14.5 Å². The van der Waals surface area contributed by atoms with Crippen molar-refractivity contribution < 1.29 is 19.1 Å². The lowest BCUT2D eigenvalue weighted by Crippen LogP contribution is -2.54. The number of H-pyrrole nitrogens is 1. The number of nitrogens with zero attached hydrogens (tertiary/aromatic N) is 2. The van der Waals surface area contributed by atoms with E-state index in [4.69, 9.17) is 4.74 Å². The van der Waals surface area contributed by atoms with E-state index in [0.717, 1.165) is 27.8 Å². The highest BCUT2D eigenvalue weighted by Gasteiger charge is 2.52. The fraction of sp³-hybridized carbons (Fsp3) is 0.393. The van der Waals surface area contributed by atoms with E-state index in [9.17, 15) is 14.4 Å². The number of piperidine rings is 1. The highest BCUT2D eigenvalue weighted by Crippen LogP contribution is 2.34. The summed E-state index contributed by atoms with van der Waals surface area (Å²) in [5.74, 6) is 0.667. The number of amides is 4. The molecule has 0 saturated carbocycles. The van der Waals surface area contributed by atoms with Crippen molar-refractivity contribution in [3.05, 3.63) is 65.9 Å². The van der Waals surface area contributed by atoms with Gasteiger partial charge >= 0.3 is 6.03 Å². The Balaban J connectivity index is 1.17. The van der Waals surface area contributed by atoms with Crippen molar-refractivity contribution in [3.63, 3.8) is 0 Å². The van der Waals surface area contributed by atoms with E-state index in [0.29, 0.717) is 45.3 Å². The molecule has 3 heterocycles. The molecule has 0 unspecified atom stereocenters. The van der Waals surface area contributed by atoms with Gasteiger partial charge in [0.1, 0.15) is 11.3 Å². The van der Waals surface area contributed by atoms with Crippen LogP contribution in [-0.2, 0) is 22.4 Å². The number of urea groups is 1. The first kappa shape index (κ1) is 23.9. The van der Waals surface area contributed by atoms with Crippen molar-refractivity contribution in [2.75, 3.05) is 26.7 Å². The summed E-state index contributed by atoms with van der Waals surface area (Å²) in [6.45, 7) is 3.32. The standard InChI is InChI=1S/C28H32N4O4/c1-28(26(34)32(27(35)30-28)16-11-19-7-9-22(36-2)10-8-19)21-12-14-31(15-13-21)25(33)17-20-18-29-24-6-4-3-5-23(20)24/h3-10,18,21,29H,11-17H2,1-2H3,(H,30,35)/t28-/m0/s1. The molecule has 3 aromatic rings. The Morgan fingerprint density at radius 3 is 2.53 bits per heavy atom. The van der Waals surface area contributed by atoms with Crippen LogP contribution in [0.4, 0.5) is 4.79 Å². The van der Waals surface area contributed by atoms with E-state index in [1.54, 1.807) is 7.11 Å². The molecule has 188 valence electrons. The largest absolute Gasteiger partial charge is 0.497 e. The van der Waals surface area contributed by atoms with E-state index in [-0.39, 0.29) is 23.8 Å². The number of likely N-dealkylation sites (tertiary alicyclic amines) is 1. The number of carbonyl (C=O) groups is 3. The van der Waals surface area contributed by atoms with E-state index in [1.165, 1.54) is 4.90 Å². The molecule has 1 atom stereocenters. The summed E-state index contributed by atoms with van der Waals surface area (Å²) < 4.78 is 5.19. The van der Waals surface area contributed by atoms with Gasteiger partial charge in [0.05, 0.1) is 13.5 Å². The minimum Gasteiger partial charge on any atom is -0.497 e. The fourth-order valence-corrected chi connectivity index (χ4v) is 5.49. The molecule has 0 aliphatic carbocycles. The summed E-state index contributed by atoms with van der Waals surface area (Å²) in [4.78, 5) is 45.5. The number of aromatic amines is 1. The summed E-state index contributed by atoms with van der Waals surface area (Å²) >= 11 is 0. The van der Waals surface area contributed by atoms with Gasteiger partial charge in [0, 0.05) is 36.7 Å². The van der Waals surface area contributed by atoms with Crippen molar-refractivity contribution in [3.8, 4) is 5.75 Å². The average molecular weight is 489 g/mol. The number of imide groups is 1. The smallest absolute Gasteiger partial charge is 0.325 e. The van der Waals surface area contributed by atoms with Crippen LogP contribution in [0.15, 0.2) is 54.7 Å². The lowest BCUT2D eigenvalue weighted by atomic mass is 9.78. The molecule has 0 bridgehead atoms. The third kappa shape index (κ3) is 4.43. The Hall–Kier alpha value is -3.81. The monoisotopic (exact) mass is 488 g/mol. The minimum absolute atomic E-state index is 0.0166. The summed E-state index contributed by atoms with van der Waals surface area (Å²) in [5.41, 5.74) is 2.12. The SMILES string of the molecule is COc1ccc(CCN2C(=O)N[C@@](C)(C3CCN(C(=O)Cc4c[nH]c5ccccc45)CC3)C2=O)cc1. The summed E-state index contributed by atoms with van der Waals surface area (Å²) in [5, 5.41) is 4.04. The van der Waals surface area contributed by atoms with Crippen LogP contribution in [0.2, 0.25) is 0 Å². The minimum atomic E-state index is -0.941. The molecule has 2 aliphatic rings. The van der Waals surface area contributed by atoms with Gasteiger partial charge in [0.2, 0.25) is 5.91 Å². The average Bonchev–Trinajstić information content (AvgIpc) is 3.41. The molecular weight excluding hydrogens is 456 g/mol. The van der Waals surface area contributed by atoms with Crippen molar-refractivity contribution in [1.82, 2.24) is 20.1 Å². The van der Waals surface area contributed by atoms with Crippen LogP contribution in [0.5, 0.6) is 5.75 Å². The molecule has 8 nitrogen and oxygen atoms in total. The number of hydrogen-bond acceptors (Lipinski definition) is 4. The number of rotatable bonds is 7. The van der Waals surface area contributed by atoms with Crippen molar-refractivity contribution in [2.45, 2.75) is 38.1 Å². The maximum absolute atomic E-state index is 13.3. The molecule has 2 aliphatic heterocycles. The van der Waals surface area contributed by atoms with Gasteiger partial charge in [-0.05, 0) is 61.4 Å². The molecule has 5 rings (SSSR count). The van der Waals surface area contributed by atoms with Crippen LogP contribution in [0.3, 0.4) is 0 Å². The Morgan fingerprint density at radius 1 is 1.08 bits per heavy atom. The van der Waals surface area contributed by atoms with Gasteiger partial charge in [0.15, 0.2) is 0 Å². The second-order valence-corrected chi connectivity index (χ2v) is 9.88. The van der Waals surface area contributed by atoms with E-state index in [2.05, 4.69) is 10.3 Å². The number of carbonyl (C=O) groups excluding carboxylic acids is 3. The Morgan fingerprint density at radius 2 is 1.81 bits per heavy atom. The van der Waals surface area contributed by atoms with E-state index >= 15 is 0 Å². The first-order valence-corrected chi connectivity index (χ1v) is 12.5. The van der Waals surface area contributed by atoms with Crippen molar-refractivity contribution in [1.29, 1.82) is 0 Å². The number of nitrogens with one attached hydrogen (secondary N) is 2. The Kier molecular flexibility index (Phi) is 6.43. The summed E-state index contributed by atoms with van der Waals surface area (Å²) in [6, 6.07) is 15.3. The Bertz CT molecular complexity index is 1280. The molecule has 1 aromatic heterocycles. The van der Waals surface area contributed by atoms with Gasteiger partial charge in [0.25, 0.3) is 5.91 Å². The number of fused-ring (bicyclic) bond motifs is 1. The van der Waals surface area contributed by atoms with E-state index in [1.807, 2.05) is 66.6 Å². The summed E-state index contributed by atoms with van der Waals surface area (Å²) in [7, 11) is 1.62. The predicted octanol–water partition coefficient (Wildman–Crippen LogP) is 3.51. The van der Waals surface area contributed by atoms with Crippen molar-refractivity contribution >= 4 is 28.7 Å². The first-order valence-electron chi connectivity index (χ1n) is 12.5. The topological polar surface area (TPSA) is 94.7 Å².